The molecule has 0 spiro atoms. The van der Waals surface area contributed by atoms with Gasteiger partial charge in [-0.25, -0.2) is 4.68 Å². The summed E-state index contributed by atoms with van der Waals surface area (Å²) in [5.74, 6) is 1.51. The van der Waals surface area contributed by atoms with Gasteiger partial charge in [0, 0.05) is 6.42 Å². The van der Waals surface area contributed by atoms with Crippen molar-refractivity contribution in [2.45, 2.75) is 39.3 Å². The molecule has 1 atom stereocenters. The van der Waals surface area contributed by atoms with Crippen LogP contribution >= 0.6 is 0 Å². The van der Waals surface area contributed by atoms with E-state index in [1.807, 2.05) is 10.7 Å². The molecule has 2 N–H and O–H groups in total. The number of aromatic nitrogens is 3. The molecule has 1 unspecified atom stereocenters. The van der Waals surface area contributed by atoms with Crippen LogP contribution in [0.5, 0.6) is 5.75 Å². The molecule has 5 nitrogen and oxygen atoms in total. The van der Waals surface area contributed by atoms with Crippen molar-refractivity contribution in [1.82, 2.24) is 15.0 Å². The van der Waals surface area contributed by atoms with Crippen LogP contribution in [0.4, 0.5) is 5.82 Å². The summed E-state index contributed by atoms with van der Waals surface area (Å²) in [5, 5.41) is 8.02. The molecule has 2 heterocycles. The minimum Gasteiger partial charge on any atom is -0.488 e. The number of benzene rings is 1. The molecule has 19 heavy (non-hydrogen) atoms. The van der Waals surface area contributed by atoms with Crippen LogP contribution in [0.1, 0.15) is 23.7 Å². The molecule has 0 radical (unpaired) electrons. The fourth-order valence-electron chi connectivity index (χ4n) is 2.60. The highest BCUT2D eigenvalue weighted by Gasteiger charge is 2.24. The standard InChI is InChI=1S/C14H18N4O/c1-3-12-14(15)16-17-18(12)8-11-7-10-6-9(2)4-5-13(10)19-11/h4-6,11H,3,7-8,15H2,1-2H3. The summed E-state index contributed by atoms with van der Waals surface area (Å²) < 4.78 is 7.81. The highest BCUT2D eigenvalue weighted by atomic mass is 16.5. The van der Waals surface area contributed by atoms with E-state index in [2.05, 4.69) is 36.3 Å². The van der Waals surface area contributed by atoms with Gasteiger partial charge in [0.15, 0.2) is 5.82 Å². The Morgan fingerprint density at radius 2 is 2.32 bits per heavy atom. The first-order valence-electron chi connectivity index (χ1n) is 6.61. The maximum Gasteiger partial charge on any atom is 0.169 e. The summed E-state index contributed by atoms with van der Waals surface area (Å²) >= 11 is 0. The van der Waals surface area contributed by atoms with Crippen LogP contribution in [-0.2, 0) is 19.4 Å². The Kier molecular flexibility index (Phi) is 2.89. The van der Waals surface area contributed by atoms with E-state index in [1.54, 1.807) is 0 Å². The molecule has 1 aromatic heterocycles. The van der Waals surface area contributed by atoms with Crippen LogP contribution in [0.2, 0.25) is 0 Å². The normalized spacial score (nSPS) is 17.3. The Hall–Kier alpha value is -2.04. The van der Waals surface area contributed by atoms with E-state index in [4.69, 9.17) is 10.5 Å². The van der Waals surface area contributed by atoms with Crippen molar-refractivity contribution < 1.29 is 4.74 Å². The number of hydrogen-bond acceptors (Lipinski definition) is 4. The van der Waals surface area contributed by atoms with E-state index in [9.17, 15) is 0 Å². The fourth-order valence-corrected chi connectivity index (χ4v) is 2.60. The van der Waals surface area contributed by atoms with Crippen LogP contribution in [0.25, 0.3) is 0 Å². The van der Waals surface area contributed by atoms with Crippen molar-refractivity contribution >= 4 is 5.82 Å². The Labute approximate surface area is 112 Å². The summed E-state index contributed by atoms with van der Waals surface area (Å²) in [6.07, 6.45) is 1.86. The molecule has 2 aromatic rings. The highest BCUT2D eigenvalue weighted by molar-refractivity contribution is 5.40. The second kappa shape index (κ2) is 4.57. The lowest BCUT2D eigenvalue weighted by atomic mass is 10.1. The topological polar surface area (TPSA) is 66.0 Å². The molecule has 1 aliphatic rings. The zero-order valence-corrected chi connectivity index (χ0v) is 11.3. The van der Waals surface area contributed by atoms with E-state index in [0.29, 0.717) is 12.4 Å². The van der Waals surface area contributed by atoms with Crippen LogP contribution < -0.4 is 10.5 Å². The lowest BCUT2D eigenvalue weighted by molar-refractivity contribution is 0.200. The molecule has 1 aromatic carbocycles. The second-order valence-corrected chi connectivity index (χ2v) is 5.01. The molecular formula is C14H18N4O. The minimum atomic E-state index is 0.114. The molecule has 1 aliphatic heterocycles. The second-order valence-electron chi connectivity index (χ2n) is 5.01. The van der Waals surface area contributed by atoms with Gasteiger partial charge in [-0.15, -0.1) is 5.10 Å². The third-order valence-electron chi connectivity index (χ3n) is 3.54. The third kappa shape index (κ3) is 2.16. The average Bonchev–Trinajstić information content (AvgIpc) is 2.92. The summed E-state index contributed by atoms with van der Waals surface area (Å²) in [7, 11) is 0. The van der Waals surface area contributed by atoms with Gasteiger partial charge in [-0.3, -0.25) is 0 Å². The van der Waals surface area contributed by atoms with Gasteiger partial charge in [0.05, 0.1) is 12.2 Å². The van der Waals surface area contributed by atoms with Gasteiger partial charge in [0.1, 0.15) is 11.9 Å². The summed E-state index contributed by atoms with van der Waals surface area (Å²) in [5.41, 5.74) is 9.32. The van der Waals surface area contributed by atoms with Crippen molar-refractivity contribution in [3.8, 4) is 5.75 Å². The van der Waals surface area contributed by atoms with Crippen molar-refractivity contribution in [2.75, 3.05) is 5.73 Å². The van der Waals surface area contributed by atoms with Crippen LogP contribution in [0.15, 0.2) is 18.2 Å². The molecule has 0 aliphatic carbocycles. The van der Waals surface area contributed by atoms with Crippen LogP contribution in [-0.4, -0.2) is 21.1 Å². The Morgan fingerprint density at radius 1 is 1.47 bits per heavy atom. The molecule has 100 valence electrons. The van der Waals surface area contributed by atoms with E-state index in [-0.39, 0.29) is 6.10 Å². The molecular weight excluding hydrogens is 240 g/mol. The van der Waals surface area contributed by atoms with Crippen molar-refractivity contribution in [1.29, 1.82) is 0 Å². The molecule has 0 amide bonds. The van der Waals surface area contributed by atoms with Gasteiger partial charge in [-0.05, 0) is 25.0 Å². The first kappa shape index (κ1) is 12.0. The van der Waals surface area contributed by atoms with Gasteiger partial charge in [0.2, 0.25) is 0 Å². The number of anilines is 1. The zero-order chi connectivity index (χ0) is 13.4. The molecule has 3 rings (SSSR count). The van der Waals surface area contributed by atoms with Crippen LogP contribution in [0, 0.1) is 6.92 Å². The van der Waals surface area contributed by atoms with E-state index in [0.717, 1.165) is 24.3 Å². The lowest BCUT2D eigenvalue weighted by Crippen LogP contribution is -2.23. The third-order valence-corrected chi connectivity index (χ3v) is 3.54. The monoisotopic (exact) mass is 258 g/mol. The van der Waals surface area contributed by atoms with Crippen molar-refractivity contribution in [3.05, 3.63) is 35.0 Å². The van der Waals surface area contributed by atoms with Crippen molar-refractivity contribution in [3.63, 3.8) is 0 Å². The Morgan fingerprint density at radius 3 is 3.11 bits per heavy atom. The van der Waals surface area contributed by atoms with E-state index < -0.39 is 0 Å². The van der Waals surface area contributed by atoms with E-state index >= 15 is 0 Å². The fraction of sp³-hybridized carbons (Fsp3) is 0.429. The minimum absolute atomic E-state index is 0.114. The molecule has 0 saturated carbocycles. The number of ether oxygens (including phenoxy) is 1. The molecule has 0 bridgehead atoms. The van der Waals surface area contributed by atoms with Crippen molar-refractivity contribution in [2.24, 2.45) is 0 Å². The highest BCUT2D eigenvalue weighted by Crippen LogP contribution is 2.30. The van der Waals surface area contributed by atoms with E-state index in [1.165, 1.54) is 11.1 Å². The maximum absolute atomic E-state index is 5.95. The quantitative estimate of drug-likeness (QED) is 0.910. The van der Waals surface area contributed by atoms with Gasteiger partial charge in [-0.1, -0.05) is 29.8 Å². The van der Waals surface area contributed by atoms with Gasteiger partial charge in [-0.2, -0.15) is 0 Å². The van der Waals surface area contributed by atoms with Gasteiger partial charge >= 0.3 is 0 Å². The average molecular weight is 258 g/mol. The summed E-state index contributed by atoms with van der Waals surface area (Å²) in [6.45, 7) is 4.85. The Balaban J connectivity index is 1.77. The number of rotatable bonds is 3. The first-order chi connectivity index (χ1) is 9.17. The van der Waals surface area contributed by atoms with Gasteiger partial charge < -0.3 is 10.5 Å². The number of nitrogens with zero attached hydrogens (tertiary/aromatic N) is 3. The van der Waals surface area contributed by atoms with Gasteiger partial charge in [0.25, 0.3) is 0 Å². The smallest absolute Gasteiger partial charge is 0.169 e. The SMILES string of the molecule is CCc1c(N)nnn1CC1Cc2cc(C)ccc2O1. The largest absolute Gasteiger partial charge is 0.488 e. The lowest BCUT2D eigenvalue weighted by Gasteiger charge is -2.12. The number of nitrogen functional groups attached to an aromatic ring is 1. The number of hydrogen-bond donors (Lipinski definition) is 1. The Bertz CT molecular complexity index is 605. The molecule has 5 heteroatoms. The van der Waals surface area contributed by atoms with Crippen LogP contribution in [0.3, 0.4) is 0 Å². The first-order valence-corrected chi connectivity index (χ1v) is 6.61. The maximum atomic E-state index is 5.95. The summed E-state index contributed by atoms with van der Waals surface area (Å²) in [4.78, 5) is 0. The molecule has 0 fully saturated rings. The molecule has 0 saturated heterocycles. The predicted molar refractivity (Wildman–Crippen MR) is 73.1 cm³/mol. The zero-order valence-electron chi connectivity index (χ0n) is 11.3. The number of fused-ring (bicyclic) bond motifs is 1. The summed E-state index contributed by atoms with van der Waals surface area (Å²) in [6, 6.07) is 6.30. The predicted octanol–water partition coefficient (Wildman–Crippen LogP) is 1.73. The number of nitrogens with two attached hydrogens (primary N) is 1. The number of aryl methyl sites for hydroxylation is 1.